The summed E-state index contributed by atoms with van der Waals surface area (Å²) >= 11 is 0. The van der Waals surface area contributed by atoms with Crippen molar-refractivity contribution >= 4 is 5.91 Å². The molecule has 0 bridgehead atoms. The molecule has 0 aliphatic heterocycles. The number of amides is 1. The van der Waals surface area contributed by atoms with Gasteiger partial charge in [-0.15, -0.1) is 0 Å². The highest BCUT2D eigenvalue weighted by atomic mass is 16.7. The number of carbonyl (C=O) groups excluding carboxylic acids is 1. The molecule has 0 heterocycles. The van der Waals surface area contributed by atoms with Crippen molar-refractivity contribution in [2.75, 3.05) is 0 Å². The lowest BCUT2D eigenvalue weighted by atomic mass is 10.2. The van der Waals surface area contributed by atoms with Gasteiger partial charge in [0.1, 0.15) is 0 Å². The predicted octanol–water partition coefficient (Wildman–Crippen LogP) is 2.19. The molecular formula is C10H19NO2. The molecule has 0 aliphatic carbocycles. The standard InChI is InChI=1S/C10H19NO2/c1-5-7-9(6-2)13-11-10(12)8(3)4/h9H,3,5-7H2,1-2,4H3,(H,11,12). The molecule has 0 spiro atoms. The van der Waals surface area contributed by atoms with E-state index < -0.39 is 0 Å². The Bertz CT molecular complexity index is 178. The zero-order valence-electron chi connectivity index (χ0n) is 8.72. The number of rotatable bonds is 6. The van der Waals surface area contributed by atoms with E-state index in [1.54, 1.807) is 6.92 Å². The third-order valence-corrected chi connectivity index (χ3v) is 1.77. The zero-order valence-corrected chi connectivity index (χ0v) is 8.72. The second-order valence-corrected chi connectivity index (χ2v) is 3.15. The first-order valence-electron chi connectivity index (χ1n) is 4.73. The molecule has 0 rings (SSSR count). The van der Waals surface area contributed by atoms with Gasteiger partial charge in [-0.05, 0) is 19.8 Å². The molecule has 0 saturated carbocycles. The van der Waals surface area contributed by atoms with Crippen LogP contribution in [0.2, 0.25) is 0 Å². The van der Waals surface area contributed by atoms with Gasteiger partial charge in [-0.1, -0.05) is 26.8 Å². The fourth-order valence-electron chi connectivity index (χ4n) is 0.892. The molecule has 13 heavy (non-hydrogen) atoms. The van der Waals surface area contributed by atoms with Gasteiger partial charge < -0.3 is 0 Å². The summed E-state index contributed by atoms with van der Waals surface area (Å²) in [6.45, 7) is 9.29. The monoisotopic (exact) mass is 185 g/mol. The van der Waals surface area contributed by atoms with Crippen molar-refractivity contribution in [2.45, 2.75) is 46.1 Å². The lowest BCUT2D eigenvalue weighted by Gasteiger charge is -2.14. The Morgan fingerprint density at radius 1 is 1.54 bits per heavy atom. The van der Waals surface area contributed by atoms with Crippen LogP contribution in [0.3, 0.4) is 0 Å². The van der Waals surface area contributed by atoms with Crippen molar-refractivity contribution in [3.63, 3.8) is 0 Å². The number of hydroxylamine groups is 1. The summed E-state index contributed by atoms with van der Waals surface area (Å²) in [5, 5.41) is 0. The van der Waals surface area contributed by atoms with Gasteiger partial charge in [0, 0.05) is 5.57 Å². The van der Waals surface area contributed by atoms with Crippen molar-refractivity contribution < 1.29 is 9.63 Å². The van der Waals surface area contributed by atoms with E-state index in [0.717, 1.165) is 19.3 Å². The highest BCUT2D eigenvalue weighted by Crippen LogP contribution is 2.04. The highest BCUT2D eigenvalue weighted by molar-refractivity contribution is 5.91. The van der Waals surface area contributed by atoms with Crippen LogP contribution in [-0.2, 0) is 9.63 Å². The fraction of sp³-hybridized carbons (Fsp3) is 0.700. The quantitative estimate of drug-likeness (QED) is 0.509. The molecule has 76 valence electrons. The molecule has 0 radical (unpaired) electrons. The molecule has 1 amide bonds. The molecule has 3 nitrogen and oxygen atoms in total. The van der Waals surface area contributed by atoms with E-state index in [1.807, 2.05) is 6.92 Å². The van der Waals surface area contributed by atoms with Gasteiger partial charge >= 0.3 is 0 Å². The Morgan fingerprint density at radius 3 is 2.54 bits per heavy atom. The van der Waals surface area contributed by atoms with Crippen LogP contribution in [0.5, 0.6) is 0 Å². The van der Waals surface area contributed by atoms with Crippen molar-refractivity contribution in [3.05, 3.63) is 12.2 Å². The summed E-state index contributed by atoms with van der Waals surface area (Å²) < 4.78 is 0. The minimum absolute atomic E-state index is 0.119. The molecule has 1 atom stereocenters. The van der Waals surface area contributed by atoms with Gasteiger partial charge in [-0.3, -0.25) is 9.63 Å². The van der Waals surface area contributed by atoms with E-state index in [9.17, 15) is 4.79 Å². The van der Waals surface area contributed by atoms with Crippen molar-refractivity contribution in [1.29, 1.82) is 0 Å². The summed E-state index contributed by atoms with van der Waals surface area (Å²) in [7, 11) is 0. The molecule has 0 aromatic heterocycles. The van der Waals surface area contributed by atoms with Crippen LogP contribution in [0.4, 0.5) is 0 Å². The molecule has 1 N–H and O–H groups in total. The lowest BCUT2D eigenvalue weighted by Crippen LogP contribution is -2.29. The Kier molecular flexibility index (Phi) is 6.24. The van der Waals surface area contributed by atoms with Crippen LogP contribution in [0.25, 0.3) is 0 Å². The van der Waals surface area contributed by atoms with Gasteiger partial charge in [0.15, 0.2) is 0 Å². The maximum atomic E-state index is 11.0. The third kappa shape index (κ3) is 5.42. The summed E-state index contributed by atoms with van der Waals surface area (Å²) in [6, 6.07) is 0. The van der Waals surface area contributed by atoms with Crippen LogP contribution in [0, 0.1) is 0 Å². The Balaban J connectivity index is 3.71. The minimum Gasteiger partial charge on any atom is -0.270 e. The smallest absolute Gasteiger partial charge is 0.269 e. The van der Waals surface area contributed by atoms with Crippen molar-refractivity contribution in [1.82, 2.24) is 5.48 Å². The minimum atomic E-state index is -0.241. The molecule has 1 unspecified atom stereocenters. The van der Waals surface area contributed by atoms with E-state index in [0.29, 0.717) is 5.57 Å². The largest absolute Gasteiger partial charge is 0.270 e. The molecular weight excluding hydrogens is 166 g/mol. The van der Waals surface area contributed by atoms with E-state index >= 15 is 0 Å². The van der Waals surface area contributed by atoms with E-state index in [-0.39, 0.29) is 12.0 Å². The highest BCUT2D eigenvalue weighted by Gasteiger charge is 2.07. The van der Waals surface area contributed by atoms with Crippen LogP contribution in [0.15, 0.2) is 12.2 Å². The van der Waals surface area contributed by atoms with E-state index in [2.05, 4.69) is 19.0 Å². The summed E-state index contributed by atoms with van der Waals surface area (Å²) in [5.74, 6) is -0.241. The second kappa shape index (κ2) is 6.66. The first kappa shape index (κ1) is 12.2. The molecule has 0 fully saturated rings. The first-order valence-corrected chi connectivity index (χ1v) is 4.73. The normalized spacial score (nSPS) is 12.2. The number of nitrogens with one attached hydrogen (secondary N) is 1. The van der Waals surface area contributed by atoms with Crippen molar-refractivity contribution in [2.24, 2.45) is 0 Å². The van der Waals surface area contributed by atoms with Crippen molar-refractivity contribution in [3.8, 4) is 0 Å². The second-order valence-electron chi connectivity index (χ2n) is 3.15. The third-order valence-electron chi connectivity index (χ3n) is 1.77. The first-order chi connectivity index (χ1) is 6.11. The predicted molar refractivity (Wildman–Crippen MR) is 53.0 cm³/mol. The van der Waals surface area contributed by atoms with Gasteiger partial charge in [-0.25, -0.2) is 5.48 Å². The lowest BCUT2D eigenvalue weighted by molar-refractivity contribution is -0.134. The van der Waals surface area contributed by atoms with E-state index in [4.69, 9.17) is 4.84 Å². The topological polar surface area (TPSA) is 38.3 Å². The maximum absolute atomic E-state index is 11.0. The Hall–Kier alpha value is -0.830. The van der Waals surface area contributed by atoms with Gasteiger partial charge in [0.05, 0.1) is 6.10 Å². The molecule has 0 saturated heterocycles. The number of hydrogen-bond donors (Lipinski definition) is 1. The Labute approximate surface area is 80.1 Å². The van der Waals surface area contributed by atoms with E-state index in [1.165, 1.54) is 0 Å². The van der Waals surface area contributed by atoms with Crippen LogP contribution in [0.1, 0.15) is 40.0 Å². The van der Waals surface area contributed by atoms with Gasteiger partial charge in [0.2, 0.25) is 0 Å². The van der Waals surface area contributed by atoms with Crippen LogP contribution >= 0.6 is 0 Å². The SMILES string of the molecule is C=C(C)C(=O)NOC(CC)CCC. The maximum Gasteiger partial charge on any atom is 0.269 e. The summed E-state index contributed by atoms with van der Waals surface area (Å²) in [5.41, 5.74) is 2.84. The van der Waals surface area contributed by atoms with Gasteiger partial charge in [0.25, 0.3) is 5.91 Å². The molecule has 0 aromatic carbocycles. The average Bonchev–Trinajstić information content (AvgIpc) is 2.11. The molecule has 3 heteroatoms. The zero-order chi connectivity index (χ0) is 10.3. The molecule has 0 aliphatic rings. The fourth-order valence-corrected chi connectivity index (χ4v) is 0.892. The number of carbonyl (C=O) groups is 1. The summed E-state index contributed by atoms with van der Waals surface area (Å²) in [4.78, 5) is 16.2. The van der Waals surface area contributed by atoms with Gasteiger partial charge in [-0.2, -0.15) is 0 Å². The average molecular weight is 185 g/mol. The van der Waals surface area contributed by atoms with Crippen LogP contribution < -0.4 is 5.48 Å². The number of hydrogen-bond acceptors (Lipinski definition) is 2. The summed E-state index contributed by atoms with van der Waals surface area (Å²) in [6.07, 6.45) is 3.05. The van der Waals surface area contributed by atoms with Crippen LogP contribution in [-0.4, -0.2) is 12.0 Å². The Morgan fingerprint density at radius 2 is 2.15 bits per heavy atom. The molecule has 0 aromatic rings.